The van der Waals surface area contributed by atoms with Crippen LogP contribution in [-0.4, -0.2) is 23.6 Å². The molecule has 0 amide bonds. The number of methoxy groups -OCH3 is 1. The second-order valence-corrected chi connectivity index (χ2v) is 4.87. The van der Waals surface area contributed by atoms with E-state index in [4.69, 9.17) is 4.74 Å². The van der Waals surface area contributed by atoms with Crippen molar-refractivity contribution in [1.29, 1.82) is 0 Å². The smallest absolute Gasteiger partial charge is 0.187 e. The molecule has 0 aliphatic heterocycles. The fraction of sp³-hybridized carbons (Fsp3) is 0.286. The normalized spacial score (nSPS) is 10.3. The largest absolute Gasteiger partial charge is 0.491 e. The van der Waals surface area contributed by atoms with Crippen LogP contribution in [-0.2, 0) is 0 Å². The predicted molar refractivity (Wildman–Crippen MR) is 80.5 cm³/mol. The lowest BCUT2D eigenvalue weighted by molar-refractivity contribution is 0.414. The number of anilines is 1. The Morgan fingerprint density at radius 2 is 2.05 bits per heavy atom. The van der Waals surface area contributed by atoms with Gasteiger partial charge in [-0.05, 0) is 12.5 Å². The molecule has 0 aliphatic rings. The summed E-state index contributed by atoms with van der Waals surface area (Å²) in [6, 6.07) is 7.92. The molecule has 2 rings (SSSR count). The van der Waals surface area contributed by atoms with Crippen molar-refractivity contribution in [2.75, 3.05) is 19.0 Å². The van der Waals surface area contributed by atoms with Crippen LogP contribution >= 0.6 is 15.9 Å². The second-order valence-electron chi connectivity index (χ2n) is 4.01. The molecule has 1 heterocycles. The van der Waals surface area contributed by atoms with E-state index < -0.39 is 0 Å². The third-order valence-corrected chi connectivity index (χ3v) is 3.37. The Hall–Kier alpha value is -1.62. The molecule has 0 bridgehead atoms. The summed E-state index contributed by atoms with van der Waals surface area (Å²) in [6.07, 6.45) is 2.58. The summed E-state index contributed by atoms with van der Waals surface area (Å²) >= 11 is 3.54. The highest BCUT2D eigenvalue weighted by Gasteiger charge is 2.15. The van der Waals surface area contributed by atoms with Crippen LogP contribution in [0.2, 0.25) is 0 Å². The van der Waals surface area contributed by atoms with Crippen molar-refractivity contribution in [3.8, 4) is 17.0 Å². The Morgan fingerprint density at radius 3 is 2.74 bits per heavy atom. The van der Waals surface area contributed by atoms with E-state index in [1.165, 1.54) is 0 Å². The molecule has 0 saturated carbocycles. The summed E-state index contributed by atoms with van der Waals surface area (Å²) in [6.45, 7) is 2.96. The van der Waals surface area contributed by atoms with Crippen molar-refractivity contribution in [2.45, 2.75) is 13.3 Å². The van der Waals surface area contributed by atoms with Crippen molar-refractivity contribution < 1.29 is 4.74 Å². The van der Waals surface area contributed by atoms with Gasteiger partial charge in [0.15, 0.2) is 11.6 Å². The van der Waals surface area contributed by atoms with Gasteiger partial charge in [-0.2, -0.15) is 0 Å². The molecule has 0 fully saturated rings. The van der Waals surface area contributed by atoms with Crippen molar-refractivity contribution in [2.24, 2.45) is 0 Å². The molecule has 0 saturated heterocycles. The van der Waals surface area contributed by atoms with E-state index in [1.54, 1.807) is 13.4 Å². The number of nitrogens with one attached hydrogen (secondary N) is 1. The monoisotopic (exact) mass is 321 g/mol. The van der Waals surface area contributed by atoms with E-state index in [-0.39, 0.29) is 0 Å². The summed E-state index contributed by atoms with van der Waals surface area (Å²) in [5, 5.41) is 3.25. The minimum Gasteiger partial charge on any atom is -0.491 e. The van der Waals surface area contributed by atoms with Gasteiger partial charge in [0, 0.05) is 16.6 Å². The quantitative estimate of drug-likeness (QED) is 0.911. The molecule has 0 atom stereocenters. The molecule has 0 aliphatic carbocycles. The first-order valence-corrected chi connectivity index (χ1v) is 6.95. The molecular weight excluding hydrogens is 306 g/mol. The highest BCUT2D eigenvalue weighted by molar-refractivity contribution is 9.10. The zero-order valence-corrected chi connectivity index (χ0v) is 12.6. The molecule has 100 valence electrons. The van der Waals surface area contributed by atoms with Crippen LogP contribution in [0.25, 0.3) is 11.3 Å². The lowest BCUT2D eigenvalue weighted by Gasteiger charge is -2.13. The molecule has 0 radical (unpaired) electrons. The van der Waals surface area contributed by atoms with Crippen molar-refractivity contribution in [3.63, 3.8) is 0 Å². The molecule has 1 aromatic carbocycles. The number of halogens is 1. The van der Waals surface area contributed by atoms with Gasteiger partial charge in [0.2, 0.25) is 0 Å². The zero-order chi connectivity index (χ0) is 13.7. The molecule has 0 unspecified atom stereocenters. The lowest BCUT2D eigenvalue weighted by Crippen LogP contribution is -2.06. The van der Waals surface area contributed by atoms with Gasteiger partial charge in [-0.3, -0.25) is 0 Å². The maximum absolute atomic E-state index is 5.47. The number of hydrogen-bond donors (Lipinski definition) is 1. The average Bonchev–Trinajstić information content (AvgIpc) is 2.45. The van der Waals surface area contributed by atoms with Gasteiger partial charge >= 0.3 is 0 Å². The molecule has 1 N–H and O–H groups in total. The summed E-state index contributed by atoms with van der Waals surface area (Å²) in [7, 11) is 1.64. The van der Waals surface area contributed by atoms with Crippen LogP contribution in [0.3, 0.4) is 0 Å². The second kappa shape index (κ2) is 6.52. The Kier molecular flexibility index (Phi) is 4.74. The molecule has 0 spiro atoms. The number of ether oxygens (including phenoxy) is 1. The van der Waals surface area contributed by atoms with E-state index in [1.807, 2.05) is 24.3 Å². The number of benzene rings is 1. The van der Waals surface area contributed by atoms with Crippen LogP contribution in [0.5, 0.6) is 5.75 Å². The Morgan fingerprint density at radius 1 is 1.26 bits per heavy atom. The van der Waals surface area contributed by atoms with Crippen LogP contribution in [0.4, 0.5) is 5.82 Å². The Balaban J connectivity index is 2.49. The standard InChI is InChI=1S/C14H16BrN3O/c1-3-8-16-14-13(19-2)12(17-9-18-14)10-6-4-5-7-11(10)15/h4-7,9H,3,8H2,1-2H3,(H,16,17,18). The first-order chi connectivity index (χ1) is 9.27. The van der Waals surface area contributed by atoms with Gasteiger partial charge < -0.3 is 10.1 Å². The van der Waals surface area contributed by atoms with Gasteiger partial charge in [-0.25, -0.2) is 9.97 Å². The topological polar surface area (TPSA) is 47.0 Å². The summed E-state index contributed by atoms with van der Waals surface area (Å²) in [4.78, 5) is 8.58. The van der Waals surface area contributed by atoms with Gasteiger partial charge in [-0.15, -0.1) is 0 Å². The van der Waals surface area contributed by atoms with E-state index in [9.17, 15) is 0 Å². The first-order valence-electron chi connectivity index (χ1n) is 6.15. The maximum atomic E-state index is 5.47. The fourth-order valence-corrected chi connectivity index (χ4v) is 2.25. The average molecular weight is 322 g/mol. The molecule has 2 aromatic rings. The Bertz CT molecular complexity index is 560. The van der Waals surface area contributed by atoms with Crippen molar-refractivity contribution >= 4 is 21.7 Å². The van der Waals surface area contributed by atoms with E-state index in [0.717, 1.165) is 34.5 Å². The van der Waals surface area contributed by atoms with Crippen LogP contribution in [0.1, 0.15) is 13.3 Å². The number of hydrogen-bond acceptors (Lipinski definition) is 4. The first kappa shape index (κ1) is 13.8. The SMILES string of the molecule is CCCNc1ncnc(-c2ccccc2Br)c1OC. The minimum atomic E-state index is 0.669. The number of nitrogens with zero attached hydrogens (tertiary/aromatic N) is 2. The van der Waals surface area contributed by atoms with Gasteiger partial charge in [-0.1, -0.05) is 41.1 Å². The van der Waals surface area contributed by atoms with E-state index >= 15 is 0 Å². The Labute approximate surface area is 121 Å². The molecule has 5 heteroatoms. The molecule has 4 nitrogen and oxygen atoms in total. The number of rotatable bonds is 5. The van der Waals surface area contributed by atoms with Crippen molar-refractivity contribution in [3.05, 3.63) is 35.1 Å². The lowest BCUT2D eigenvalue weighted by atomic mass is 10.1. The highest BCUT2D eigenvalue weighted by atomic mass is 79.9. The van der Waals surface area contributed by atoms with E-state index in [2.05, 4.69) is 38.1 Å². The van der Waals surface area contributed by atoms with E-state index in [0.29, 0.717) is 5.75 Å². The zero-order valence-electron chi connectivity index (χ0n) is 11.0. The van der Waals surface area contributed by atoms with Crippen LogP contribution in [0, 0.1) is 0 Å². The third-order valence-electron chi connectivity index (χ3n) is 2.68. The van der Waals surface area contributed by atoms with Crippen LogP contribution < -0.4 is 10.1 Å². The molecule has 19 heavy (non-hydrogen) atoms. The van der Waals surface area contributed by atoms with Crippen LogP contribution in [0.15, 0.2) is 35.1 Å². The fourth-order valence-electron chi connectivity index (χ4n) is 1.78. The van der Waals surface area contributed by atoms with Gasteiger partial charge in [0.05, 0.1) is 7.11 Å². The van der Waals surface area contributed by atoms with Gasteiger partial charge in [0.1, 0.15) is 12.0 Å². The summed E-state index contributed by atoms with van der Waals surface area (Å²) in [5.74, 6) is 1.40. The number of aromatic nitrogens is 2. The predicted octanol–water partition coefficient (Wildman–Crippen LogP) is 3.74. The van der Waals surface area contributed by atoms with Crippen molar-refractivity contribution in [1.82, 2.24) is 9.97 Å². The third kappa shape index (κ3) is 3.04. The summed E-state index contributed by atoms with van der Waals surface area (Å²) in [5.41, 5.74) is 1.77. The summed E-state index contributed by atoms with van der Waals surface area (Å²) < 4.78 is 6.45. The minimum absolute atomic E-state index is 0.669. The van der Waals surface area contributed by atoms with Gasteiger partial charge in [0.25, 0.3) is 0 Å². The molecule has 1 aromatic heterocycles. The molecular formula is C14H16BrN3O. The highest BCUT2D eigenvalue weighted by Crippen LogP contribution is 2.36. The maximum Gasteiger partial charge on any atom is 0.187 e.